The van der Waals surface area contributed by atoms with Crippen LogP contribution in [-0.2, 0) is 10.0 Å². The third kappa shape index (κ3) is 8.99. The number of carbonyl (C=O) groups is 1. The molecule has 14 heteroatoms. The molecule has 4 fully saturated rings. The van der Waals surface area contributed by atoms with Gasteiger partial charge in [0.15, 0.2) is 0 Å². The molecule has 2 saturated heterocycles. The van der Waals surface area contributed by atoms with Gasteiger partial charge in [-0.1, -0.05) is 38.1 Å². The number of benzene rings is 3. The maximum absolute atomic E-state index is 16.3. The van der Waals surface area contributed by atoms with Crippen LogP contribution in [0.25, 0.3) is 11.0 Å². The number of nitrogens with one attached hydrogen (secondary N) is 2. The number of rotatable bonds is 12. The summed E-state index contributed by atoms with van der Waals surface area (Å²) in [7, 11) is -4.47. The molecule has 0 radical (unpaired) electrons. The van der Waals surface area contributed by atoms with Crippen molar-refractivity contribution < 1.29 is 32.2 Å². The first kappa shape index (κ1) is 43.1. The van der Waals surface area contributed by atoms with Gasteiger partial charge in [0.1, 0.15) is 28.7 Å². The Morgan fingerprint density at radius 1 is 1.00 bits per heavy atom. The third-order valence-electron chi connectivity index (χ3n) is 14.3. The van der Waals surface area contributed by atoms with Gasteiger partial charge < -0.3 is 30.2 Å². The average molecular weight is 879 g/mol. The number of aromatic nitrogens is 2. The number of aromatic amines is 1. The Morgan fingerprint density at radius 3 is 2.51 bits per heavy atom. The van der Waals surface area contributed by atoms with Crippen molar-refractivity contribution in [2.24, 2.45) is 11.3 Å². The molecule has 9 rings (SSSR count). The van der Waals surface area contributed by atoms with Gasteiger partial charge in [-0.05, 0) is 142 Å². The number of nitrogen functional groups attached to an aromatic ring is 1. The summed E-state index contributed by atoms with van der Waals surface area (Å²) < 4.78 is 58.0. The van der Waals surface area contributed by atoms with E-state index in [1.165, 1.54) is 54.4 Å². The fourth-order valence-electron chi connectivity index (χ4n) is 10.6. The van der Waals surface area contributed by atoms with Gasteiger partial charge in [0.05, 0.1) is 40.2 Å². The lowest BCUT2D eigenvalue weighted by Gasteiger charge is -2.56. The summed E-state index contributed by atoms with van der Waals surface area (Å²) in [5.41, 5.74) is 9.44. The van der Waals surface area contributed by atoms with E-state index in [-0.39, 0.29) is 38.9 Å². The first-order valence-corrected chi connectivity index (χ1v) is 24.0. The van der Waals surface area contributed by atoms with Crippen molar-refractivity contribution >= 4 is 38.3 Å². The van der Waals surface area contributed by atoms with Gasteiger partial charge >= 0.3 is 0 Å². The van der Waals surface area contributed by atoms with Crippen LogP contribution in [0.1, 0.15) is 118 Å². The Kier molecular flexibility index (Phi) is 11.7. The number of carbonyl (C=O) groups excluding carboxylic acids is 1. The van der Waals surface area contributed by atoms with Gasteiger partial charge in [-0.25, -0.2) is 22.5 Å². The second-order valence-electron chi connectivity index (χ2n) is 19.1. The number of halogens is 1. The molecule has 5 N–H and O–H groups in total. The van der Waals surface area contributed by atoms with E-state index < -0.39 is 27.3 Å². The summed E-state index contributed by atoms with van der Waals surface area (Å²) in [6.07, 6.45) is 12.7. The highest BCUT2D eigenvalue weighted by atomic mass is 32.2. The number of hydrogen-bond acceptors (Lipinski definition) is 10. The first-order valence-electron chi connectivity index (χ1n) is 22.5. The molecule has 1 atom stereocenters. The SMILES string of the molecule is CC(C)c1ccccc1[C@@H]1CCCN1C1CC2(CCN(c3cc(Oc4cnc5[nH]ccc5c4)c(C(=O)NS(=O)(=O)c4ccc(OC[C@H]5CC[C@](C)(O)CC5)c(N)c4)cc3F)CC2)C1. The van der Waals surface area contributed by atoms with E-state index in [0.29, 0.717) is 67.7 Å². The quantitative estimate of drug-likeness (QED) is 0.0889. The highest BCUT2D eigenvalue weighted by molar-refractivity contribution is 7.90. The average Bonchev–Trinajstić information content (AvgIpc) is 3.93. The van der Waals surface area contributed by atoms with Crippen molar-refractivity contribution in [2.45, 2.75) is 113 Å². The van der Waals surface area contributed by atoms with Gasteiger partial charge in [-0.2, -0.15) is 0 Å². The van der Waals surface area contributed by atoms with Crippen LogP contribution in [0.4, 0.5) is 15.8 Å². The van der Waals surface area contributed by atoms with E-state index in [2.05, 4.69) is 57.7 Å². The van der Waals surface area contributed by atoms with Crippen molar-refractivity contribution in [3.05, 3.63) is 102 Å². The van der Waals surface area contributed by atoms with Gasteiger partial charge in [0.2, 0.25) is 0 Å². The number of aliphatic hydroxyl groups is 1. The number of piperidine rings is 1. The molecule has 2 saturated carbocycles. The molecule has 1 amide bonds. The van der Waals surface area contributed by atoms with Gasteiger partial charge in [-0.15, -0.1) is 0 Å². The molecule has 0 bridgehead atoms. The number of fused-ring (bicyclic) bond motifs is 1. The molecule has 2 aromatic heterocycles. The van der Waals surface area contributed by atoms with Gasteiger partial charge in [0, 0.05) is 42.8 Å². The Labute approximate surface area is 369 Å². The number of likely N-dealkylation sites (tertiary alicyclic amines) is 1. The van der Waals surface area contributed by atoms with Crippen molar-refractivity contribution in [2.75, 3.05) is 36.9 Å². The number of sulfonamides is 1. The summed E-state index contributed by atoms with van der Waals surface area (Å²) >= 11 is 0. The standard InChI is InChI=1S/C49H59FN6O6S/c1-31(2)37-7-4-5-8-38(37)42-9-6-20-56(42)34-27-49(28-34)17-21-55(22-18-49)43-26-45(62-35-23-33-14-19-52-46(33)53-29-35)39(25-40(43)50)47(57)54-63(59,60)36-10-11-44(41(51)24-36)61-30-32-12-15-48(3,58)16-13-32/h4-5,7-8,10-11,14,19,23-26,29,31-32,34,42,58H,6,9,12-13,15-18,20-22,27-28,30,51H2,1-3H3,(H,52,53)(H,54,57)/t32-,42-,48-/m0/s1. The number of H-pyrrole nitrogens is 1. The lowest BCUT2D eigenvalue weighted by molar-refractivity contribution is -0.0228. The normalized spacial score (nSPS) is 23.0. The topological polar surface area (TPSA) is 163 Å². The number of pyridine rings is 1. The Bertz CT molecular complexity index is 2590. The van der Waals surface area contributed by atoms with E-state index in [4.69, 9.17) is 15.2 Å². The minimum Gasteiger partial charge on any atom is -0.491 e. The van der Waals surface area contributed by atoms with Crippen molar-refractivity contribution in [3.8, 4) is 17.2 Å². The number of nitrogens with zero attached hydrogens (tertiary/aromatic N) is 3. The fourth-order valence-corrected chi connectivity index (χ4v) is 11.6. The van der Waals surface area contributed by atoms with Crippen LogP contribution < -0.4 is 24.8 Å². The highest BCUT2D eigenvalue weighted by Gasteiger charge is 2.50. The van der Waals surface area contributed by atoms with E-state index in [1.807, 2.05) is 17.9 Å². The summed E-state index contributed by atoms with van der Waals surface area (Å²) in [4.78, 5) is 25.9. The van der Waals surface area contributed by atoms with Crippen molar-refractivity contribution in [1.29, 1.82) is 0 Å². The van der Waals surface area contributed by atoms with Gasteiger partial charge in [0.25, 0.3) is 15.9 Å². The van der Waals surface area contributed by atoms with Crippen LogP contribution in [0, 0.1) is 17.2 Å². The molecule has 4 heterocycles. The maximum atomic E-state index is 16.3. The zero-order valence-electron chi connectivity index (χ0n) is 36.4. The Balaban J connectivity index is 0.896. The molecule has 334 valence electrons. The zero-order chi connectivity index (χ0) is 44.1. The second kappa shape index (κ2) is 17.1. The summed E-state index contributed by atoms with van der Waals surface area (Å²) in [5, 5.41) is 11.0. The summed E-state index contributed by atoms with van der Waals surface area (Å²) in [5.74, 6) is -0.379. The van der Waals surface area contributed by atoms with Crippen LogP contribution in [-0.4, -0.2) is 72.2 Å². The fraction of sp³-hybridized carbons (Fsp3) is 0.469. The number of ether oxygens (including phenoxy) is 2. The number of hydrogen-bond donors (Lipinski definition) is 4. The molecular weight excluding hydrogens is 820 g/mol. The largest absolute Gasteiger partial charge is 0.491 e. The number of nitrogens with two attached hydrogens (primary N) is 1. The minimum atomic E-state index is -4.47. The molecule has 0 unspecified atom stereocenters. The van der Waals surface area contributed by atoms with E-state index >= 15 is 4.39 Å². The Hall–Kier alpha value is -5.18. The smallest absolute Gasteiger partial charge is 0.268 e. The monoisotopic (exact) mass is 878 g/mol. The molecule has 5 aromatic rings. The van der Waals surface area contributed by atoms with Gasteiger partial charge in [-0.3, -0.25) is 9.69 Å². The van der Waals surface area contributed by atoms with Crippen LogP contribution >= 0.6 is 0 Å². The summed E-state index contributed by atoms with van der Waals surface area (Å²) in [6.45, 7) is 9.17. The van der Waals surface area contributed by atoms with Crippen LogP contribution in [0.5, 0.6) is 17.2 Å². The molecule has 2 aliphatic heterocycles. The molecule has 63 heavy (non-hydrogen) atoms. The minimum absolute atomic E-state index is 0.00554. The van der Waals surface area contributed by atoms with E-state index in [1.54, 1.807) is 12.3 Å². The molecule has 12 nitrogen and oxygen atoms in total. The molecule has 3 aromatic carbocycles. The number of anilines is 2. The molecule has 2 aliphatic carbocycles. The van der Waals surface area contributed by atoms with Crippen LogP contribution in [0.15, 0.2) is 84.0 Å². The molecule has 4 aliphatic rings. The predicted molar refractivity (Wildman–Crippen MR) is 242 cm³/mol. The lowest BCUT2D eigenvalue weighted by atomic mass is 9.59. The second-order valence-corrected chi connectivity index (χ2v) is 20.8. The lowest BCUT2D eigenvalue weighted by Crippen LogP contribution is -2.55. The van der Waals surface area contributed by atoms with Crippen molar-refractivity contribution in [3.63, 3.8) is 0 Å². The van der Waals surface area contributed by atoms with Crippen LogP contribution in [0.2, 0.25) is 0 Å². The number of amides is 1. The third-order valence-corrected chi connectivity index (χ3v) is 15.6. The van der Waals surface area contributed by atoms with E-state index in [0.717, 1.165) is 56.5 Å². The van der Waals surface area contributed by atoms with Crippen LogP contribution in [0.3, 0.4) is 0 Å². The predicted octanol–water partition coefficient (Wildman–Crippen LogP) is 9.22. The molecular formula is C49H59FN6O6S. The van der Waals surface area contributed by atoms with E-state index in [9.17, 15) is 18.3 Å². The summed E-state index contributed by atoms with van der Waals surface area (Å²) in [6, 6.07) is 20.0. The Morgan fingerprint density at radius 2 is 1.76 bits per heavy atom. The first-order chi connectivity index (χ1) is 30.2. The maximum Gasteiger partial charge on any atom is 0.268 e. The van der Waals surface area contributed by atoms with Crippen molar-refractivity contribution in [1.82, 2.24) is 19.6 Å². The highest BCUT2D eigenvalue weighted by Crippen LogP contribution is 2.54. The molecule has 1 spiro atoms. The zero-order valence-corrected chi connectivity index (χ0v) is 37.2.